The maximum Gasteiger partial charge on any atom is 0.410 e. The zero-order chi connectivity index (χ0) is 36.5. The molecule has 0 unspecified atom stereocenters. The third-order valence-corrected chi connectivity index (χ3v) is 11.6. The average molecular weight is 728 g/mol. The maximum absolute atomic E-state index is 13.8. The predicted octanol–water partition coefficient (Wildman–Crippen LogP) is 4.95. The number of non-ortho nitro benzene ring substituents is 2. The van der Waals surface area contributed by atoms with Crippen LogP contribution in [0.1, 0.15) is 31.4 Å². The highest BCUT2D eigenvalue weighted by Gasteiger charge is 2.61. The molecule has 5 rings (SSSR count). The molecule has 0 spiro atoms. The third-order valence-electron chi connectivity index (χ3n) is 9.03. The lowest BCUT2D eigenvalue weighted by atomic mass is 9.79. The van der Waals surface area contributed by atoms with Gasteiger partial charge in [0.2, 0.25) is 5.91 Å². The molecule has 3 heterocycles. The molecule has 0 aliphatic carbocycles. The number of hydrogen-bond acceptors (Lipinski definition) is 12. The van der Waals surface area contributed by atoms with Gasteiger partial charge in [0.05, 0.1) is 27.9 Å². The molecule has 2 aromatic carbocycles. The molecule has 2 N–H and O–H groups in total. The molecule has 0 saturated carbocycles. The van der Waals surface area contributed by atoms with Crippen molar-refractivity contribution in [3.63, 3.8) is 0 Å². The molecule has 17 heteroatoms. The van der Waals surface area contributed by atoms with Gasteiger partial charge in [-0.25, -0.2) is 9.59 Å². The third kappa shape index (κ3) is 7.85. The van der Waals surface area contributed by atoms with Crippen LogP contribution < -0.4 is 5.73 Å². The molecule has 0 aromatic heterocycles. The Labute approximate surface area is 294 Å². The quantitative estimate of drug-likeness (QED) is 0.0960. The van der Waals surface area contributed by atoms with Gasteiger partial charge in [-0.15, -0.1) is 11.8 Å². The van der Waals surface area contributed by atoms with Gasteiger partial charge in [0, 0.05) is 59.5 Å². The number of hydrogen-bond donors (Lipinski definition) is 1. The standard InChI is InChI=1S/C33H41N5O10SSi/c1-19-28-27(20(2)48-50(3,4)5)31(39)36(28)29(32(40)46-17-21-6-10-23(11-7-21)37(42)43)30(19)49-26-14-25(15-34)35(16-26)33(41)47-18-22-8-12-24(13-9-22)38(44)45/h6-13,19-20,25-28H,14-18,34H2,1-5H3/t19-,20-,25+,26+,27-,28-/m1/s1. The van der Waals surface area contributed by atoms with Gasteiger partial charge in [-0.2, -0.15) is 0 Å². The minimum absolute atomic E-state index is 0.0662. The molecule has 268 valence electrons. The minimum atomic E-state index is -1.99. The fraction of sp³-hybridized carbons (Fsp3) is 0.485. The number of carbonyl (C=O) groups is 3. The highest BCUT2D eigenvalue weighted by Crippen LogP contribution is 2.53. The Morgan fingerprint density at radius 2 is 1.52 bits per heavy atom. The second-order valence-electron chi connectivity index (χ2n) is 13.7. The lowest BCUT2D eigenvalue weighted by Crippen LogP contribution is -2.64. The van der Waals surface area contributed by atoms with Gasteiger partial charge in [0.25, 0.3) is 11.4 Å². The molecule has 2 fully saturated rings. The Balaban J connectivity index is 1.33. The number of esters is 1. The van der Waals surface area contributed by atoms with Crippen molar-refractivity contribution >= 4 is 49.4 Å². The van der Waals surface area contributed by atoms with Crippen LogP contribution in [0.5, 0.6) is 0 Å². The lowest BCUT2D eigenvalue weighted by molar-refractivity contribution is -0.385. The van der Waals surface area contributed by atoms with Gasteiger partial charge in [-0.3, -0.25) is 25.0 Å². The van der Waals surface area contributed by atoms with E-state index in [1.807, 2.05) is 13.8 Å². The molecule has 15 nitrogen and oxygen atoms in total. The Kier molecular flexibility index (Phi) is 11.0. The van der Waals surface area contributed by atoms with Crippen molar-refractivity contribution in [2.75, 3.05) is 13.1 Å². The Hall–Kier alpha value is -4.32. The smallest absolute Gasteiger partial charge is 0.410 e. The summed E-state index contributed by atoms with van der Waals surface area (Å²) in [5.74, 6) is -1.57. The Bertz CT molecular complexity index is 1680. The van der Waals surface area contributed by atoms with Crippen molar-refractivity contribution in [1.82, 2.24) is 9.80 Å². The van der Waals surface area contributed by atoms with Gasteiger partial charge < -0.3 is 29.4 Å². The molecule has 6 atom stereocenters. The molecular weight excluding hydrogens is 687 g/mol. The first-order chi connectivity index (χ1) is 23.6. The van der Waals surface area contributed by atoms with Crippen LogP contribution in [0.3, 0.4) is 0 Å². The number of carbonyl (C=O) groups excluding carboxylic acids is 3. The monoisotopic (exact) mass is 727 g/mol. The predicted molar refractivity (Wildman–Crippen MR) is 186 cm³/mol. The number of likely N-dealkylation sites (tertiary alicyclic amines) is 1. The number of nitro groups is 2. The first kappa shape index (κ1) is 36.9. The topological polar surface area (TPSA) is 198 Å². The van der Waals surface area contributed by atoms with E-state index in [1.165, 1.54) is 65.2 Å². The van der Waals surface area contributed by atoms with Crippen LogP contribution in [0, 0.1) is 32.1 Å². The molecular formula is C33H41N5O10SSi. The highest BCUT2D eigenvalue weighted by atomic mass is 32.2. The summed E-state index contributed by atoms with van der Waals surface area (Å²) in [6.45, 7) is 10.3. The van der Waals surface area contributed by atoms with Crippen molar-refractivity contribution in [3.8, 4) is 0 Å². The van der Waals surface area contributed by atoms with Crippen LogP contribution in [-0.2, 0) is 36.7 Å². The number of rotatable bonds is 13. The van der Waals surface area contributed by atoms with E-state index < -0.39 is 36.1 Å². The average Bonchev–Trinajstić information content (AvgIpc) is 3.58. The normalized spacial score (nSPS) is 23.7. The largest absolute Gasteiger partial charge is 0.456 e. The summed E-state index contributed by atoms with van der Waals surface area (Å²) in [6, 6.07) is 10.8. The fourth-order valence-corrected chi connectivity index (χ4v) is 9.57. The number of nitrogens with two attached hydrogens (primary N) is 1. The van der Waals surface area contributed by atoms with Crippen molar-refractivity contribution in [2.45, 2.75) is 76.6 Å². The second kappa shape index (κ2) is 14.9. The van der Waals surface area contributed by atoms with Crippen LogP contribution in [0.25, 0.3) is 0 Å². The molecule has 3 aliphatic heterocycles. The minimum Gasteiger partial charge on any atom is -0.456 e. The second-order valence-corrected chi connectivity index (χ2v) is 19.5. The Morgan fingerprint density at radius 3 is 2.02 bits per heavy atom. The number of amides is 2. The molecule has 3 aliphatic rings. The molecule has 50 heavy (non-hydrogen) atoms. The van der Waals surface area contributed by atoms with Crippen LogP contribution >= 0.6 is 11.8 Å². The van der Waals surface area contributed by atoms with E-state index in [-0.39, 0.29) is 78.6 Å². The molecule has 2 amide bonds. The van der Waals surface area contributed by atoms with Crippen molar-refractivity contribution in [2.24, 2.45) is 17.6 Å². The van der Waals surface area contributed by atoms with Crippen LogP contribution in [0.2, 0.25) is 19.6 Å². The zero-order valence-corrected chi connectivity index (χ0v) is 30.3. The van der Waals surface area contributed by atoms with Gasteiger partial charge in [-0.05, 0) is 68.4 Å². The van der Waals surface area contributed by atoms with E-state index in [1.54, 1.807) is 4.90 Å². The van der Waals surface area contributed by atoms with E-state index in [0.717, 1.165) is 0 Å². The first-order valence-electron chi connectivity index (χ1n) is 16.3. The van der Waals surface area contributed by atoms with Gasteiger partial charge in [0.15, 0.2) is 8.32 Å². The zero-order valence-electron chi connectivity index (χ0n) is 28.5. The number of fused-ring (bicyclic) bond motifs is 1. The number of ether oxygens (including phenoxy) is 2. The summed E-state index contributed by atoms with van der Waals surface area (Å²) in [7, 11) is -1.99. The van der Waals surface area contributed by atoms with Crippen molar-refractivity contribution in [1.29, 1.82) is 0 Å². The SMILES string of the molecule is C[C@@H](O[Si](C)(C)C)[C@H]1C(=O)N2C(C(=O)OCc3ccc([N+](=O)[O-])cc3)=C(S[C@H]3C[C@@H](CN)N(C(=O)OCc4ccc([N+](=O)[O-])cc4)C3)[C@H](C)[C@H]12. The summed E-state index contributed by atoms with van der Waals surface area (Å²) in [6.07, 6.45) is -0.407. The van der Waals surface area contributed by atoms with Gasteiger partial charge >= 0.3 is 12.1 Å². The first-order valence-corrected chi connectivity index (χ1v) is 20.6. The summed E-state index contributed by atoms with van der Waals surface area (Å²) < 4.78 is 17.5. The van der Waals surface area contributed by atoms with E-state index in [2.05, 4.69) is 19.6 Å². The summed E-state index contributed by atoms with van der Waals surface area (Å²) in [5, 5.41) is 21.8. The summed E-state index contributed by atoms with van der Waals surface area (Å²) in [4.78, 5) is 65.4. The summed E-state index contributed by atoms with van der Waals surface area (Å²) >= 11 is 1.43. The highest BCUT2D eigenvalue weighted by molar-refractivity contribution is 8.03. The van der Waals surface area contributed by atoms with Crippen molar-refractivity contribution in [3.05, 3.63) is 90.5 Å². The van der Waals surface area contributed by atoms with Gasteiger partial charge in [0.1, 0.15) is 18.9 Å². The number of β-lactam (4-membered cyclic amide) rings is 1. The lowest BCUT2D eigenvalue weighted by Gasteiger charge is -2.48. The number of nitrogens with zero attached hydrogens (tertiary/aromatic N) is 4. The number of thioether (sulfide) groups is 1. The van der Waals surface area contributed by atoms with E-state index in [0.29, 0.717) is 22.5 Å². The van der Waals surface area contributed by atoms with E-state index in [4.69, 9.17) is 19.6 Å². The maximum atomic E-state index is 13.8. The van der Waals surface area contributed by atoms with E-state index in [9.17, 15) is 34.6 Å². The fourth-order valence-electron chi connectivity index (χ4n) is 6.75. The van der Waals surface area contributed by atoms with E-state index >= 15 is 0 Å². The number of nitro benzene ring substituents is 2. The molecule has 2 saturated heterocycles. The van der Waals surface area contributed by atoms with Crippen LogP contribution in [0.15, 0.2) is 59.1 Å². The Morgan fingerprint density at radius 1 is 0.980 bits per heavy atom. The van der Waals surface area contributed by atoms with Crippen LogP contribution in [0.4, 0.5) is 16.2 Å². The molecule has 0 radical (unpaired) electrons. The molecule has 2 aromatic rings. The number of benzene rings is 2. The van der Waals surface area contributed by atoms with Crippen molar-refractivity contribution < 1.29 is 38.1 Å². The van der Waals surface area contributed by atoms with Crippen LogP contribution in [-0.4, -0.2) is 82.5 Å². The molecule has 0 bridgehead atoms. The van der Waals surface area contributed by atoms with Gasteiger partial charge in [-0.1, -0.05) is 6.92 Å². The summed E-state index contributed by atoms with van der Waals surface area (Å²) in [5.41, 5.74) is 7.23.